The van der Waals surface area contributed by atoms with E-state index in [-0.39, 0.29) is 29.9 Å². The van der Waals surface area contributed by atoms with Crippen LogP contribution in [0.4, 0.5) is 0 Å². The van der Waals surface area contributed by atoms with Crippen LogP contribution in [0, 0.1) is 17.3 Å². The fraction of sp³-hybridized carbons (Fsp3) is 0.684. The highest BCUT2D eigenvalue weighted by Gasteiger charge is 2.66. The van der Waals surface area contributed by atoms with E-state index in [1.54, 1.807) is 10.9 Å². The number of aryl methyl sites for hydroxylation is 1. The molecule has 2 aliphatic carbocycles. The van der Waals surface area contributed by atoms with Gasteiger partial charge in [-0.05, 0) is 30.7 Å². The highest BCUT2D eigenvalue weighted by Crippen LogP contribution is 2.58. The predicted molar refractivity (Wildman–Crippen MR) is 95.4 cm³/mol. The third kappa shape index (κ3) is 2.91. The van der Waals surface area contributed by atoms with Gasteiger partial charge < -0.3 is 15.3 Å². The second-order valence-electron chi connectivity index (χ2n) is 8.63. The van der Waals surface area contributed by atoms with Crippen molar-refractivity contribution in [3.05, 3.63) is 18.0 Å². The maximum absolute atomic E-state index is 12.9. The molecule has 3 fully saturated rings. The third-order valence-corrected chi connectivity index (χ3v) is 6.44. The lowest BCUT2D eigenvalue weighted by molar-refractivity contribution is -0.141. The summed E-state index contributed by atoms with van der Waals surface area (Å²) in [4.78, 5) is 38.8. The molecule has 0 aromatic carbocycles. The molecule has 2 heterocycles. The molecule has 0 radical (unpaired) electrons. The minimum Gasteiger partial charge on any atom is -0.481 e. The molecule has 0 spiro atoms. The normalized spacial score (nSPS) is 32.3. The van der Waals surface area contributed by atoms with Crippen LogP contribution < -0.4 is 5.32 Å². The van der Waals surface area contributed by atoms with Gasteiger partial charge in [0.15, 0.2) is 0 Å². The van der Waals surface area contributed by atoms with E-state index in [4.69, 9.17) is 0 Å². The van der Waals surface area contributed by atoms with Crippen molar-refractivity contribution in [2.24, 2.45) is 24.3 Å². The van der Waals surface area contributed by atoms with E-state index in [2.05, 4.69) is 10.4 Å². The molecule has 0 bridgehead atoms. The Bertz CT molecular complexity index is 797. The Labute approximate surface area is 157 Å². The van der Waals surface area contributed by atoms with Crippen molar-refractivity contribution in [1.29, 1.82) is 0 Å². The van der Waals surface area contributed by atoms with Crippen molar-refractivity contribution in [2.75, 3.05) is 0 Å². The Balaban J connectivity index is 1.59. The minimum absolute atomic E-state index is 0.115. The van der Waals surface area contributed by atoms with Crippen LogP contribution in [0.25, 0.3) is 0 Å². The summed E-state index contributed by atoms with van der Waals surface area (Å²) >= 11 is 0. The summed E-state index contributed by atoms with van der Waals surface area (Å²) < 4.78 is 1.75. The maximum atomic E-state index is 12.9. The van der Waals surface area contributed by atoms with Gasteiger partial charge in [-0.2, -0.15) is 5.10 Å². The number of carboxylic acids is 1. The van der Waals surface area contributed by atoms with Crippen LogP contribution in [0.5, 0.6) is 0 Å². The summed E-state index contributed by atoms with van der Waals surface area (Å²) in [5.41, 5.74) is 0.351. The average molecular weight is 374 g/mol. The molecule has 1 aromatic heterocycles. The molecule has 0 unspecified atom stereocenters. The Morgan fingerprint density at radius 3 is 2.48 bits per heavy atom. The summed E-state index contributed by atoms with van der Waals surface area (Å²) in [5, 5.41) is 16.7. The zero-order chi connectivity index (χ0) is 19.5. The highest BCUT2D eigenvalue weighted by molar-refractivity contribution is 5.92. The SMILES string of the molecule is Cn1nccc1[C@H]1[C@H](NC(=O)[C@@H]2[C@H](C(=O)O)C2(C)C)CCC(=O)N1C1CC1. The molecular weight excluding hydrogens is 348 g/mol. The molecule has 1 aromatic rings. The summed E-state index contributed by atoms with van der Waals surface area (Å²) in [5.74, 6) is -2.23. The van der Waals surface area contributed by atoms with Crippen molar-refractivity contribution in [2.45, 2.75) is 57.7 Å². The van der Waals surface area contributed by atoms with Crippen molar-refractivity contribution in [1.82, 2.24) is 20.0 Å². The first-order chi connectivity index (χ1) is 12.7. The number of carbonyl (C=O) groups is 3. The number of rotatable bonds is 5. The molecule has 8 nitrogen and oxygen atoms in total. The monoisotopic (exact) mass is 374 g/mol. The average Bonchev–Trinajstić information content (AvgIpc) is 3.46. The molecule has 2 amide bonds. The van der Waals surface area contributed by atoms with E-state index in [0.717, 1.165) is 18.5 Å². The number of aliphatic carboxylic acids is 1. The van der Waals surface area contributed by atoms with Crippen LogP contribution in [-0.4, -0.2) is 49.7 Å². The van der Waals surface area contributed by atoms with Gasteiger partial charge in [0.05, 0.1) is 29.6 Å². The summed E-state index contributed by atoms with van der Waals surface area (Å²) in [7, 11) is 1.84. The van der Waals surface area contributed by atoms with Crippen molar-refractivity contribution in [3.63, 3.8) is 0 Å². The van der Waals surface area contributed by atoms with Gasteiger partial charge in [-0.15, -0.1) is 0 Å². The highest BCUT2D eigenvalue weighted by atomic mass is 16.4. The Morgan fingerprint density at radius 1 is 1.26 bits per heavy atom. The number of carbonyl (C=O) groups excluding carboxylic acids is 2. The molecule has 8 heteroatoms. The fourth-order valence-electron chi connectivity index (χ4n) is 4.73. The number of piperidine rings is 1. The number of hydrogen-bond donors (Lipinski definition) is 2. The van der Waals surface area contributed by atoms with Gasteiger partial charge in [0.2, 0.25) is 11.8 Å². The van der Waals surface area contributed by atoms with E-state index in [1.165, 1.54) is 0 Å². The van der Waals surface area contributed by atoms with Crippen LogP contribution in [0.15, 0.2) is 12.3 Å². The lowest BCUT2D eigenvalue weighted by atomic mass is 9.92. The standard InChI is InChI=1S/C19H26N4O4/c1-19(2)14(15(19)18(26)27)17(25)21-11-6-7-13(24)23(10-4-5-10)16(11)12-8-9-20-22(12)3/h8-11,14-16H,4-7H2,1-3H3,(H,21,25)(H,26,27)/t11-,14+,15-,16-/m1/s1. The van der Waals surface area contributed by atoms with Crippen molar-refractivity contribution in [3.8, 4) is 0 Å². The van der Waals surface area contributed by atoms with Gasteiger partial charge in [-0.25, -0.2) is 0 Å². The number of carboxylic acid groups (broad SMARTS) is 1. The van der Waals surface area contributed by atoms with E-state index in [0.29, 0.717) is 12.8 Å². The minimum atomic E-state index is -0.929. The molecule has 1 aliphatic heterocycles. The molecule has 2 saturated carbocycles. The third-order valence-electron chi connectivity index (χ3n) is 6.44. The number of hydrogen-bond acceptors (Lipinski definition) is 4. The molecule has 4 rings (SSSR count). The van der Waals surface area contributed by atoms with E-state index < -0.39 is 23.2 Å². The van der Waals surface area contributed by atoms with Gasteiger partial charge in [0.25, 0.3) is 0 Å². The second kappa shape index (κ2) is 6.07. The van der Waals surface area contributed by atoms with E-state index in [1.807, 2.05) is 31.9 Å². The number of amides is 2. The van der Waals surface area contributed by atoms with Gasteiger partial charge >= 0.3 is 5.97 Å². The summed E-state index contributed by atoms with van der Waals surface area (Å²) in [6.45, 7) is 3.63. The van der Waals surface area contributed by atoms with E-state index >= 15 is 0 Å². The molecule has 146 valence electrons. The molecule has 1 saturated heterocycles. The first-order valence-electron chi connectivity index (χ1n) is 9.55. The summed E-state index contributed by atoms with van der Waals surface area (Å²) in [6, 6.07) is 1.61. The van der Waals surface area contributed by atoms with Crippen LogP contribution in [-0.2, 0) is 21.4 Å². The lowest BCUT2D eigenvalue weighted by Crippen LogP contribution is -2.54. The molecule has 3 aliphatic rings. The fourth-order valence-corrected chi connectivity index (χ4v) is 4.73. The van der Waals surface area contributed by atoms with Crippen LogP contribution >= 0.6 is 0 Å². The van der Waals surface area contributed by atoms with Gasteiger partial charge in [0, 0.05) is 25.7 Å². The van der Waals surface area contributed by atoms with Gasteiger partial charge in [0.1, 0.15) is 0 Å². The number of aromatic nitrogens is 2. The van der Waals surface area contributed by atoms with Crippen LogP contribution in [0.1, 0.15) is 51.3 Å². The zero-order valence-electron chi connectivity index (χ0n) is 15.9. The van der Waals surface area contributed by atoms with Crippen LogP contribution in [0.3, 0.4) is 0 Å². The molecule has 27 heavy (non-hydrogen) atoms. The lowest BCUT2D eigenvalue weighted by Gasteiger charge is -2.41. The topological polar surface area (TPSA) is 105 Å². The largest absolute Gasteiger partial charge is 0.481 e. The quantitative estimate of drug-likeness (QED) is 0.803. The first-order valence-corrected chi connectivity index (χ1v) is 9.55. The number of nitrogens with one attached hydrogen (secondary N) is 1. The van der Waals surface area contributed by atoms with Gasteiger partial charge in [-0.1, -0.05) is 13.8 Å². The maximum Gasteiger partial charge on any atom is 0.307 e. The Kier molecular flexibility index (Phi) is 4.05. The van der Waals surface area contributed by atoms with E-state index in [9.17, 15) is 19.5 Å². The molecule has 2 N–H and O–H groups in total. The number of nitrogens with zero attached hydrogens (tertiary/aromatic N) is 3. The second-order valence-corrected chi connectivity index (χ2v) is 8.63. The van der Waals surface area contributed by atoms with Crippen molar-refractivity contribution >= 4 is 17.8 Å². The smallest absolute Gasteiger partial charge is 0.307 e. The molecule has 4 atom stereocenters. The first kappa shape index (κ1) is 18.0. The Hall–Kier alpha value is -2.38. The Morgan fingerprint density at radius 2 is 1.96 bits per heavy atom. The predicted octanol–water partition coefficient (Wildman–Crippen LogP) is 1.09. The van der Waals surface area contributed by atoms with Crippen molar-refractivity contribution < 1.29 is 19.5 Å². The summed E-state index contributed by atoms with van der Waals surface area (Å²) in [6.07, 6.45) is 4.61. The zero-order valence-corrected chi connectivity index (χ0v) is 15.9. The molecular formula is C19H26N4O4. The van der Waals surface area contributed by atoms with Gasteiger partial charge in [-0.3, -0.25) is 19.1 Å². The van der Waals surface area contributed by atoms with Crippen LogP contribution in [0.2, 0.25) is 0 Å². The number of likely N-dealkylation sites (tertiary alicyclic amines) is 1.